The van der Waals surface area contributed by atoms with Crippen LogP contribution >= 0.6 is 0 Å². The van der Waals surface area contributed by atoms with Crippen molar-refractivity contribution in [3.05, 3.63) is 0 Å². The topological polar surface area (TPSA) is 41.6 Å². The van der Waals surface area contributed by atoms with Crippen molar-refractivity contribution in [2.75, 3.05) is 20.7 Å². The molecule has 0 bridgehead atoms. The first kappa shape index (κ1) is 16.8. The molecule has 0 aromatic rings. The number of rotatable bonds is 7. The van der Waals surface area contributed by atoms with E-state index in [0.717, 1.165) is 13.0 Å². The van der Waals surface area contributed by atoms with E-state index in [9.17, 15) is 4.79 Å². The Bertz CT molecular complexity index is 343. The van der Waals surface area contributed by atoms with E-state index in [2.05, 4.69) is 31.1 Å². The second-order valence-electron chi connectivity index (χ2n) is 7.68. The molecule has 0 radical (unpaired) electrons. The number of nitrogens with zero attached hydrogens (tertiary/aromatic N) is 1. The molecule has 122 valence electrons. The van der Waals surface area contributed by atoms with E-state index in [0.29, 0.717) is 17.5 Å². The number of hydrogen-bond donors (Lipinski definition) is 1. The van der Waals surface area contributed by atoms with Gasteiger partial charge in [-0.2, -0.15) is 0 Å². The maximum Gasteiger partial charge on any atom is 0.322 e. The predicted molar refractivity (Wildman–Crippen MR) is 85.2 cm³/mol. The summed E-state index contributed by atoms with van der Waals surface area (Å²) in [6.45, 7) is 5.71. The molecule has 0 saturated heterocycles. The third-order valence-corrected chi connectivity index (χ3v) is 5.20. The van der Waals surface area contributed by atoms with Crippen LogP contribution in [0, 0.1) is 5.41 Å². The Kier molecular flexibility index (Phi) is 5.67. The average Bonchev–Trinajstić information content (AvgIpc) is 3.26. The van der Waals surface area contributed by atoms with Gasteiger partial charge in [0.05, 0.1) is 7.11 Å². The molecule has 2 rings (SSSR count). The summed E-state index contributed by atoms with van der Waals surface area (Å²) in [5, 5.41) is 3.41. The van der Waals surface area contributed by atoms with Crippen LogP contribution in [0.1, 0.15) is 58.8 Å². The molecule has 1 unspecified atom stereocenters. The molecule has 2 fully saturated rings. The van der Waals surface area contributed by atoms with E-state index >= 15 is 0 Å². The van der Waals surface area contributed by atoms with Gasteiger partial charge in [-0.15, -0.1) is 0 Å². The lowest BCUT2D eigenvalue weighted by molar-refractivity contribution is -0.143. The Morgan fingerprint density at radius 3 is 2.43 bits per heavy atom. The second kappa shape index (κ2) is 7.10. The Morgan fingerprint density at radius 2 is 1.90 bits per heavy atom. The van der Waals surface area contributed by atoms with Crippen LogP contribution in [0.4, 0.5) is 0 Å². The molecule has 2 saturated carbocycles. The van der Waals surface area contributed by atoms with Crippen molar-refractivity contribution in [2.24, 2.45) is 5.41 Å². The van der Waals surface area contributed by atoms with Crippen molar-refractivity contribution in [3.8, 4) is 0 Å². The van der Waals surface area contributed by atoms with Gasteiger partial charge >= 0.3 is 5.97 Å². The highest BCUT2D eigenvalue weighted by Crippen LogP contribution is 2.36. The number of ether oxygens (including phenoxy) is 1. The van der Waals surface area contributed by atoms with Gasteiger partial charge in [0.25, 0.3) is 0 Å². The summed E-state index contributed by atoms with van der Waals surface area (Å²) in [5.74, 6) is -0.111. The summed E-state index contributed by atoms with van der Waals surface area (Å²) in [7, 11) is 3.69. The van der Waals surface area contributed by atoms with Gasteiger partial charge in [-0.25, -0.2) is 0 Å². The lowest BCUT2D eigenvalue weighted by Gasteiger charge is -2.39. The Balaban J connectivity index is 1.75. The first-order valence-corrected chi connectivity index (χ1v) is 8.45. The van der Waals surface area contributed by atoms with Gasteiger partial charge in [-0.05, 0) is 57.4 Å². The normalized spacial score (nSPS) is 24.0. The molecule has 2 aliphatic carbocycles. The highest BCUT2D eigenvalue weighted by molar-refractivity contribution is 5.75. The van der Waals surface area contributed by atoms with Crippen molar-refractivity contribution in [2.45, 2.75) is 76.9 Å². The van der Waals surface area contributed by atoms with E-state index in [1.54, 1.807) is 0 Å². The second-order valence-corrected chi connectivity index (χ2v) is 7.68. The molecule has 21 heavy (non-hydrogen) atoms. The van der Waals surface area contributed by atoms with E-state index in [-0.39, 0.29) is 12.0 Å². The molecule has 0 heterocycles. The minimum Gasteiger partial charge on any atom is -0.468 e. The summed E-state index contributed by atoms with van der Waals surface area (Å²) < 4.78 is 4.93. The fourth-order valence-corrected chi connectivity index (χ4v) is 3.29. The zero-order valence-corrected chi connectivity index (χ0v) is 14.2. The Hall–Kier alpha value is -0.610. The van der Waals surface area contributed by atoms with Crippen LogP contribution in [0.5, 0.6) is 0 Å². The van der Waals surface area contributed by atoms with Gasteiger partial charge < -0.3 is 15.0 Å². The van der Waals surface area contributed by atoms with Crippen LogP contribution in [-0.2, 0) is 9.53 Å². The Labute approximate surface area is 129 Å². The van der Waals surface area contributed by atoms with Gasteiger partial charge in [-0.1, -0.05) is 13.8 Å². The summed E-state index contributed by atoms with van der Waals surface area (Å²) in [5.41, 5.74) is 0.513. The summed E-state index contributed by atoms with van der Waals surface area (Å²) in [6.07, 6.45) is 8.41. The molecule has 4 heteroatoms. The summed E-state index contributed by atoms with van der Waals surface area (Å²) in [4.78, 5) is 14.3. The SMILES string of the molecule is COC(=O)C(CCN(C)C1CCC(C)(C)CC1)NC1CC1. The first-order valence-electron chi connectivity index (χ1n) is 8.45. The molecule has 0 aromatic heterocycles. The average molecular weight is 296 g/mol. The maximum atomic E-state index is 11.8. The molecule has 0 spiro atoms. The van der Waals surface area contributed by atoms with Crippen LogP contribution in [0.2, 0.25) is 0 Å². The van der Waals surface area contributed by atoms with Gasteiger partial charge in [0, 0.05) is 18.6 Å². The van der Waals surface area contributed by atoms with Gasteiger partial charge in [-0.3, -0.25) is 4.79 Å². The lowest BCUT2D eigenvalue weighted by atomic mass is 9.75. The largest absolute Gasteiger partial charge is 0.468 e. The smallest absolute Gasteiger partial charge is 0.322 e. The molecule has 2 aliphatic rings. The molecular weight excluding hydrogens is 264 g/mol. The number of carbonyl (C=O) groups is 1. The lowest BCUT2D eigenvalue weighted by Crippen LogP contribution is -2.43. The molecule has 0 aliphatic heterocycles. The summed E-state index contributed by atoms with van der Waals surface area (Å²) >= 11 is 0. The molecule has 0 amide bonds. The van der Waals surface area contributed by atoms with Crippen LogP contribution < -0.4 is 5.32 Å². The predicted octanol–water partition coefficient (Wildman–Crippen LogP) is 2.57. The monoisotopic (exact) mass is 296 g/mol. The zero-order valence-electron chi connectivity index (χ0n) is 14.2. The minimum atomic E-state index is -0.134. The number of hydrogen-bond acceptors (Lipinski definition) is 4. The standard InChI is InChI=1S/C17H32N2O2/c1-17(2)10-7-14(8-11-17)19(3)12-9-15(16(20)21-4)18-13-5-6-13/h13-15,18H,5-12H2,1-4H3. The number of carbonyl (C=O) groups excluding carboxylic acids is 1. The van der Waals surface area contributed by atoms with Crippen molar-refractivity contribution in [1.82, 2.24) is 10.2 Å². The summed E-state index contributed by atoms with van der Waals surface area (Å²) in [6, 6.07) is 1.08. The molecule has 0 aromatic carbocycles. The highest BCUT2D eigenvalue weighted by Gasteiger charge is 2.31. The number of methoxy groups -OCH3 is 1. The first-order chi connectivity index (χ1) is 9.91. The third kappa shape index (κ3) is 5.26. The van der Waals surface area contributed by atoms with Crippen LogP contribution in [0.15, 0.2) is 0 Å². The van der Waals surface area contributed by atoms with Gasteiger partial charge in [0.1, 0.15) is 6.04 Å². The fraction of sp³-hybridized carbons (Fsp3) is 0.941. The van der Waals surface area contributed by atoms with Crippen molar-refractivity contribution in [3.63, 3.8) is 0 Å². The maximum absolute atomic E-state index is 11.8. The highest BCUT2D eigenvalue weighted by atomic mass is 16.5. The van der Waals surface area contributed by atoms with Crippen molar-refractivity contribution >= 4 is 5.97 Å². The number of esters is 1. The van der Waals surface area contributed by atoms with Crippen LogP contribution in [0.25, 0.3) is 0 Å². The Morgan fingerprint density at radius 1 is 1.29 bits per heavy atom. The third-order valence-electron chi connectivity index (χ3n) is 5.20. The van der Waals surface area contributed by atoms with Gasteiger partial charge in [0.2, 0.25) is 0 Å². The van der Waals surface area contributed by atoms with E-state index in [1.807, 2.05) is 0 Å². The quantitative estimate of drug-likeness (QED) is 0.733. The van der Waals surface area contributed by atoms with E-state index < -0.39 is 0 Å². The number of nitrogens with one attached hydrogen (secondary N) is 1. The molecule has 1 N–H and O–H groups in total. The van der Waals surface area contributed by atoms with Crippen molar-refractivity contribution in [1.29, 1.82) is 0 Å². The molecular formula is C17H32N2O2. The van der Waals surface area contributed by atoms with Crippen LogP contribution in [-0.4, -0.2) is 49.7 Å². The molecule has 1 atom stereocenters. The molecule has 4 nitrogen and oxygen atoms in total. The van der Waals surface area contributed by atoms with E-state index in [4.69, 9.17) is 4.74 Å². The minimum absolute atomic E-state index is 0.111. The fourth-order valence-electron chi connectivity index (χ4n) is 3.29. The van der Waals surface area contributed by atoms with Crippen LogP contribution in [0.3, 0.4) is 0 Å². The van der Waals surface area contributed by atoms with Crippen molar-refractivity contribution < 1.29 is 9.53 Å². The van der Waals surface area contributed by atoms with Gasteiger partial charge in [0.15, 0.2) is 0 Å². The van der Waals surface area contributed by atoms with E-state index in [1.165, 1.54) is 45.6 Å². The zero-order chi connectivity index (χ0) is 15.5.